The van der Waals surface area contributed by atoms with E-state index < -0.39 is 26.5 Å². The first-order valence-corrected chi connectivity index (χ1v) is 7.78. The summed E-state index contributed by atoms with van der Waals surface area (Å²) in [6, 6.07) is 3.51. The van der Waals surface area contributed by atoms with Crippen molar-refractivity contribution >= 4 is 26.3 Å². The summed E-state index contributed by atoms with van der Waals surface area (Å²) in [7, 11) is -4.68. The van der Waals surface area contributed by atoms with E-state index in [1.165, 1.54) is 6.07 Å². The normalized spacial score (nSPS) is 13.6. The van der Waals surface area contributed by atoms with Crippen LogP contribution in [0.4, 0.5) is 10.1 Å². The molecule has 90 valence electrons. The van der Waals surface area contributed by atoms with Crippen molar-refractivity contribution < 1.29 is 17.0 Å². The molecule has 0 aliphatic carbocycles. The predicted octanol–water partition coefficient (Wildman–Crippen LogP) is 0.560. The van der Waals surface area contributed by atoms with E-state index in [0.29, 0.717) is 0 Å². The predicted molar refractivity (Wildman–Crippen MR) is 61.8 cm³/mol. The summed E-state index contributed by atoms with van der Waals surface area (Å²) in [6.45, 7) is 0. The van der Waals surface area contributed by atoms with Gasteiger partial charge in [0.1, 0.15) is 15.7 Å². The zero-order valence-corrected chi connectivity index (χ0v) is 10.3. The summed E-state index contributed by atoms with van der Waals surface area (Å²) in [6.07, 6.45) is 1.07. The van der Waals surface area contributed by atoms with E-state index in [0.717, 1.165) is 18.4 Å². The molecule has 2 N–H and O–H groups in total. The minimum atomic E-state index is -3.16. The maximum atomic E-state index is 12.7. The van der Waals surface area contributed by atoms with Gasteiger partial charge >= 0.3 is 0 Å². The number of nitrogen functional groups attached to an aromatic ring is 1. The highest BCUT2D eigenvalue weighted by molar-refractivity contribution is 7.92. The standard InChI is InChI=1S/C9H12FNO3S2/c1-16(13,14)5-4-15(12)9-3-2-7(10)6-8(9)11/h2-3,6H,4-5,11H2,1H3. The second kappa shape index (κ2) is 4.92. The van der Waals surface area contributed by atoms with Gasteiger partial charge in [0, 0.05) is 12.0 Å². The van der Waals surface area contributed by atoms with Crippen LogP contribution in [0.3, 0.4) is 0 Å². The van der Waals surface area contributed by atoms with E-state index >= 15 is 0 Å². The maximum absolute atomic E-state index is 12.7. The van der Waals surface area contributed by atoms with Gasteiger partial charge in [-0.15, -0.1) is 0 Å². The molecule has 0 aliphatic heterocycles. The van der Waals surface area contributed by atoms with Gasteiger partial charge in [-0.05, 0) is 18.2 Å². The third-order valence-electron chi connectivity index (χ3n) is 1.86. The molecule has 16 heavy (non-hydrogen) atoms. The molecule has 0 heterocycles. The lowest BCUT2D eigenvalue weighted by molar-refractivity contribution is 0.602. The molecule has 0 aliphatic rings. The molecule has 7 heteroatoms. The van der Waals surface area contributed by atoms with Crippen LogP contribution in [0.5, 0.6) is 0 Å². The highest BCUT2D eigenvalue weighted by Crippen LogP contribution is 2.17. The molecule has 0 saturated carbocycles. The second-order valence-corrected chi connectivity index (χ2v) is 7.16. The third-order valence-corrected chi connectivity index (χ3v) is 4.50. The van der Waals surface area contributed by atoms with E-state index in [4.69, 9.17) is 5.73 Å². The number of hydrogen-bond donors (Lipinski definition) is 1. The van der Waals surface area contributed by atoms with Crippen LogP contribution in [0.2, 0.25) is 0 Å². The fraction of sp³-hybridized carbons (Fsp3) is 0.333. The summed E-state index contributed by atoms with van der Waals surface area (Å²) in [5.41, 5.74) is 5.55. The summed E-state index contributed by atoms with van der Waals surface area (Å²) >= 11 is 0. The first-order chi connectivity index (χ1) is 7.29. The van der Waals surface area contributed by atoms with Crippen molar-refractivity contribution in [3.63, 3.8) is 0 Å². The number of hydrogen-bond acceptors (Lipinski definition) is 4. The minimum absolute atomic E-state index is 0.0331. The van der Waals surface area contributed by atoms with Gasteiger partial charge in [0.05, 0.1) is 27.1 Å². The average molecular weight is 265 g/mol. The van der Waals surface area contributed by atoms with Crippen LogP contribution >= 0.6 is 0 Å². The number of sulfone groups is 1. The zero-order chi connectivity index (χ0) is 12.3. The van der Waals surface area contributed by atoms with Gasteiger partial charge in [-0.2, -0.15) is 0 Å². The molecule has 0 spiro atoms. The van der Waals surface area contributed by atoms with Crippen LogP contribution in [0.15, 0.2) is 23.1 Å². The van der Waals surface area contributed by atoms with Crippen molar-refractivity contribution in [3.05, 3.63) is 24.0 Å². The first kappa shape index (κ1) is 13.1. The van der Waals surface area contributed by atoms with E-state index in [2.05, 4.69) is 0 Å². The van der Waals surface area contributed by atoms with E-state index in [9.17, 15) is 17.0 Å². The molecule has 0 amide bonds. The van der Waals surface area contributed by atoms with Crippen LogP contribution in [0, 0.1) is 5.82 Å². The topological polar surface area (TPSA) is 77.2 Å². The quantitative estimate of drug-likeness (QED) is 0.807. The Hall–Kier alpha value is -0.950. The van der Waals surface area contributed by atoms with Gasteiger partial charge in [0.25, 0.3) is 0 Å². The Kier molecular flexibility index (Phi) is 4.03. The Balaban J connectivity index is 2.82. The van der Waals surface area contributed by atoms with Crippen LogP contribution in [-0.2, 0) is 20.6 Å². The number of anilines is 1. The van der Waals surface area contributed by atoms with E-state index in [1.807, 2.05) is 0 Å². The van der Waals surface area contributed by atoms with E-state index in [1.54, 1.807) is 0 Å². The van der Waals surface area contributed by atoms with Gasteiger partial charge in [0.15, 0.2) is 0 Å². The Labute approximate surface area is 96.0 Å². The molecule has 0 saturated heterocycles. The van der Waals surface area contributed by atoms with Crippen molar-refractivity contribution in [1.82, 2.24) is 0 Å². The fourth-order valence-corrected chi connectivity index (χ4v) is 3.64. The highest BCUT2D eigenvalue weighted by atomic mass is 32.2. The Morgan fingerprint density at radius 3 is 2.56 bits per heavy atom. The largest absolute Gasteiger partial charge is 0.398 e. The lowest BCUT2D eigenvalue weighted by Gasteiger charge is -2.05. The van der Waals surface area contributed by atoms with Gasteiger partial charge < -0.3 is 5.73 Å². The van der Waals surface area contributed by atoms with Crippen LogP contribution in [0.25, 0.3) is 0 Å². The lowest BCUT2D eigenvalue weighted by Crippen LogP contribution is -2.12. The van der Waals surface area contributed by atoms with Gasteiger partial charge in [0.2, 0.25) is 0 Å². The van der Waals surface area contributed by atoms with E-state index in [-0.39, 0.29) is 22.1 Å². The van der Waals surface area contributed by atoms with Crippen molar-refractivity contribution in [2.24, 2.45) is 0 Å². The molecule has 1 rings (SSSR count). The van der Waals surface area contributed by atoms with Crippen LogP contribution in [0.1, 0.15) is 0 Å². The average Bonchev–Trinajstić information content (AvgIpc) is 2.13. The molecule has 0 bridgehead atoms. The molecule has 1 aromatic carbocycles. The third kappa shape index (κ3) is 3.90. The molecule has 1 aromatic rings. The first-order valence-electron chi connectivity index (χ1n) is 4.41. The SMILES string of the molecule is CS(=O)(=O)CCS(=O)c1ccc(F)cc1N. The van der Waals surface area contributed by atoms with Crippen molar-refractivity contribution in [1.29, 1.82) is 0 Å². The van der Waals surface area contributed by atoms with Gasteiger partial charge in [-0.1, -0.05) is 0 Å². The number of halogens is 1. The zero-order valence-electron chi connectivity index (χ0n) is 8.64. The fourth-order valence-electron chi connectivity index (χ4n) is 1.06. The molecule has 4 nitrogen and oxygen atoms in total. The molecule has 1 atom stereocenters. The highest BCUT2D eigenvalue weighted by Gasteiger charge is 2.11. The number of benzene rings is 1. The molecule has 0 radical (unpaired) electrons. The molecule has 1 unspecified atom stereocenters. The molecule has 0 fully saturated rings. The minimum Gasteiger partial charge on any atom is -0.398 e. The van der Waals surface area contributed by atoms with Crippen molar-refractivity contribution in [2.45, 2.75) is 4.90 Å². The number of rotatable bonds is 4. The van der Waals surface area contributed by atoms with Gasteiger partial charge in [-0.3, -0.25) is 4.21 Å². The number of nitrogens with two attached hydrogens (primary N) is 1. The maximum Gasteiger partial charge on any atom is 0.148 e. The van der Waals surface area contributed by atoms with Crippen molar-refractivity contribution in [3.8, 4) is 0 Å². The van der Waals surface area contributed by atoms with Gasteiger partial charge in [-0.25, -0.2) is 12.8 Å². The molecule has 0 aromatic heterocycles. The Bertz CT molecular complexity index is 513. The Morgan fingerprint density at radius 1 is 1.44 bits per heavy atom. The monoisotopic (exact) mass is 265 g/mol. The van der Waals surface area contributed by atoms with Crippen molar-refractivity contribution in [2.75, 3.05) is 23.5 Å². The molecular formula is C9H12FNO3S2. The summed E-state index contributed by atoms with van der Waals surface area (Å²) in [5, 5.41) is 0. The smallest absolute Gasteiger partial charge is 0.148 e. The second-order valence-electron chi connectivity index (χ2n) is 3.36. The summed E-state index contributed by atoms with van der Waals surface area (Å²) < 4.78 is 46.1. The van der Waals surface area contributed by atoms with Crippen LogP contribution in [-0.4, -0.2) is 30.4 Å². The lowest BCUT2D eigenvalue weighted by atomic mass is 10.3. The summed E-state index contributed by atoms with van der Waals surface area (Å²) in [5.74, 6) is -0.730. The molecular weight excluding hydrogens is 253 g/mol. The Morgan fingerprint density at radius 2 is 2.06 bits per heavy atom. The van der Waals surface area contributed by atoms with Crippen LogP contribution < -0.4 is 5.73 Å². The summed E-state index contributed by atoms with van der Waals surface area (Å²) in [4.78, 5) is 0.269.